The predicted octanol–water partition coefficient (Wildman–Crippen LogP) is 2.42. The van der Waals surface area contributed by atoms with E-state index in [1.165, 1.54) is 0 Å². The summed E-state index contributed by atoms with van der Waals surface area (Å²) in [6, 6.07) is 1.47. The Kier molecular flexibility index (Phi) is 1.95. The number of carbonyl (C=O) groups excluding carboxylic acids is 1. The van der Waals surface area contributed by atoms with Crippen molar-refractivity contribution >= 4 is 5.78 Å². The van der Waals surface area contributed by atoms with Gasteiger partial charge in [0.25, 0.3) is 0 Å². The maximum absolute atomic E-state index is 13.2. The molecule has 0 aromatic heterocycles. The Hall–Kier alpha value is -1.59. The Morgan fingerprint density at radius 1 is 1.27 bits per heavy atom. The van der Waals surface area contributed by atoms with Crippen molar-refractivity contribution in [3.8, 4) is 5.75 Å². The summed E-state index contributed by atoms with van der Waals surface area (Å²) < 4.78 is 54.5. The molecule has 0 fully saturated rings. The van der Waals surface area contributed by atoms with Crippen molar-refractivity contribution in [1.29, 1.82) is 0 Å². The summed E-state index contributed by atoms with van der Waals surface area (Å²) in [7, 11) is 0. The van der Waals surface area contributed by atoms with Gasteiger partial charge >= 0.3 is 6.18 Å². The van der Waals surface area contributed by atoms with Gasteiger partial charge < -0.3 is 4.74 Å². The molecule has 0 spiro atoms. The van der Waals surface area contributed by atoms with Crippen molar-refractivity contribution in [3.05, 3.63) is 29.1 Å². The topological polar surface area (TPSA) is 26.3 Å². The van der Waals surface area contributed by atoms with E-state index in [1.807, 2.05) is 0 Å². The van der Waals surface area contributed by atoms with E-state index in [-0.39, 0.29) is 5.56 Å². The molecule has 0 N–H and O–H groups in total. The van der Waals surface area contributed by atoms with Gasteiger partial charge in [0.2, 0.25) is 5.78 Å². The number of rotatable bonds is 0. The van der Waals surface area contributed by atoms with Crippen LogP contribution in [0.3, 0.4) is 0 Å². The minimum Gasteiger partial charge on any atom is -0.482 e. The first-order valence-electron chi connectivity index (χ1n) is 3.97. The van der Waals surface area contributed by atoms with Gasteiger partial charge in [0.1, 0.15) is 0 Å². The van der Waals surface area contributed by atoms with E-state index in [0.29, 0.717) is 6.07 Å². The second-order valence-electron chi connectivity index (χ2n) is 3.01. The third-order valence-electron chi connectivity index (χ3n) is 2.05. The average molecular weight is 220 g/mol. The van der Waals surface area contributed by atoms with Crippen LogP contribution in [0.25, 0.3) is 0 Å². The first-order valence-corrected chi connectivity index (χ1v) is 3.97. The van der Waals surface area contributed by atoms with E-state index in [0.717, 1.165) is 6.07 Å². The van der Waals surface area contributed by atoms with E-state index in [1.54, 1.807) is 0 Å². The molecular formula is C9H4F4O2. The van der Waals surface area contributed by atoms with E-state index < -0.39 is 35.7 Å². The molecule has 1 aromatic rings. The number of hydrogen-bond acceptors (Lipinski definition) is 2. The van der Waals surface area contributed by atoms with Gasteiger partial charge in [-0.05, 0) is 12.1 Å². The fourth-order valence-corrected chi connectivity index (χ4v) is 1.35. The highest BCUT2D eigenvalue weighted by Gasteiger charge is 2.38. The third kappa shape index (κ3) is 1.45. The lowest BCUT2D eigenvalue weighted by Crippen LogP contribution is -2.08. The lowest BCUT2D eigenvalue weighted by atomic mass is 10.1. The van der Waals surface area contributed by atoms with Crippen molar-refractivity contribution in [1.82, 2.24) is 0 Å². The standard InChI is InChI=1S/C9H4F4O2/c10-7-5(9(11,12)13)2-1-4-6(14)3-15-8(4)7/h1-2H,3H2. The molecule has 2 nitrogen and oxygen atoms in total. The van der Waals surface area contributed by atoms with Crippen molar-refractivity contribution in [2.24, 2.45) is 0 Å². The number of benzene rings is 1. The molecule has 1 aromatic carbocycles. The highest BCUT2D eigenvalue weighted by Crippen LogP contribution is 2.38. The lowest BCUT2D eigenvalue weighted by Gasteiger charge is -2.09. The zero-order chi connectivity index (χ0) is 11.2. The minimum absolute atomic E-state index is 0.138. The first-order chi connectivity index (χ1) is 6.91. The molecule has 0 bridgehead atoms. The molecule has 0 amide bonds. The van der Waals surface area contributed by atoms with Crippen LogP contribution < -0.4 is 4.74 Å². The van der Waals surface area contributed by atoms with Crippen molar-refractivity contribution in [2.45, 2.75) is 6.18 Å². The Labute approximate surface area is 81.5 Å². The molecule has 2 rings (SSSR count). The van der Waals surface area contributed by atoms with Crippen molar-refractivity contribution in [2.75, 3.05) is 6.61 Å². The van der Waals surface area contributed by atoms with Crippen LogP contribution in [0.2, 0.25) is 0 Å². The molecule has 0 aliphatic carbocycles. The average Bonchev–Trinajstić information content (AvgIpc) is 2.47. The van der Waals surface area contributed by atoms with Gasteiger partial charge in [0, 0.05) is 0 Å². The van der Waals surface area contributed by atoms with Crippen molar-refractivity contribution < 1.29 is 27.1 Å². The zero-order valence-electron chi connectivity index (χ0n) is 7.19. The molecule has 1 aliphatic heterocycles. The number of halogens is 4. The minimum atomic E-state index is -4.78. The van der Waals surface area contributed by atoms with E-state index in [2.05, 4.69) is 4.74 Å². The number of Topliss-reactive ketones (excluding diaryl/α,β-unsaturated/α-hetero) is 1. The van der Waals surface area contributed by atoms with Crippen molar-refractivity contribution in [3.63, 3.8) is 0 Å². The van der Waals surface area contributed by atoms with E-state index in [9.17, 15) is 22.4 Å². The normalized spacial score (nSPS) is 15.1. The Morgan fingerprint density at radius 3 is 2.53 bits per heavy atom. The van der Waals surface area contributed by atoms with E-state index >= 15 is 0 Å². The maximum Gasteiger partial charge on any atom is 0.419 e. The highest BCUT2D eigenvalue weighted by atomic mass is 19.4. The fourth-order valence-electron chi connectivity index (χ4n) is 1.35. The van der Waals surface area contributed by atoms with Crippen LogP contribution in [0.4, 0.5) is 17.6 Å². The van der Waals surface area contributed by atoms with Gasteiger partial charge in [-0.1, -0.05) is 0 Å². The first kappa shape index (κ1) is 9.95. The maximum atomic E-state index is 13.2. The van der Waals surface area contributed by atoms with Crippen LogP contribution in [-0.4, -0.2) is 12.4 Å². The monoisotopic (exact) mass is 220 g/mol. The third-order valence-corrected chi connectivity index (χ3v) is 2.05. The molecule has 0 atom stereocenters. The molecule has 1 heterocycles. The molecule has 80 valence electrons. The molecule has 1 aliphatic rings. The second kappa shape index (κ2) is 2.95. The predicted molar refractivity (Wildman–Crippen MR) is 41.2 cm³/mol. The van der Waals surface area contributed by atoms with Gasteiger partial charge in [-0.2, -0.15) is 13.2 Å². The summed E-state index contributed by atoms with van der Waals surface area (Å²) in [5.74, 6) is -2.64. The molecule has 6 heteroatoms. The number of ketones is 1. The molecule has 0 radical (unpaired) electrons. The largest absolute Gasteiger partial charge is 0.482 e. The number of alkyl halides is 3. The molecule has 0 saturated carbocycles. The summed E-state index contributed by atoms with van der Waals surface area (Å²) in [4.78, 5) is 11.0. The summed E-state index contributed by atoms with van der Waals surface area (Å²) >= 11 is 0. The van der Waals surface area contributed by atoms with Crippen LogP contribution in [0.15, 0.2) is 12.1 Å². The summed E-state index contributed by atoms with van der Waals surface area (Å²) in [5.41, 5.74) is -1.56. The Morgan fingerprint density at radius 2 is 1.93 bits per heavy atom. The zero-order valence-corrected chi connectivity index (χ0v) is 7.19. The molecule has 0 unspecified atom stereocenters. The van der Waals surface area contributed by atoms with Crippen LogP contribution in [0.5, 0.6) is 5.75 Å². The smallest absolute Gasteiger partial charge is 0.419 e. The van der Waals surface area contributed by atoms with Crippen LogP contribution in [0, 0.1) is 5.82 Å². The molecular weight excluding hydrogens is 216 g/mol. The van der Waals surface area contributed by atoms with Crippen LogP contribution in [-0.2, 0) is 6.18 Å². The van der Waals surface area contributed by atoms with Crippen LogP contribution in [0.1, 0.15) is 15.9 Å². The van der Waals surface area contributed by atoms with Gasteiger partial charge in [0.15, 0.2) is 18.2 Å². The summed E-state index contributed by atoms with van der Waals surface area (Å²) in [5, 5.41) is 0. The summed E-state index contributed by atoms with van der Waals surface area (Å²) in [6.07, 6.45) is -4.78. The molecule has 0 saturated heterocycles. The summed E-state index contributed by atoms with van der Waals surface area (Å²) in [6.45, 7) is -0.409. The highest BCUT2D eigenvalue weighted by molar-refractivity contribution is 6.02. The Balaban J connectivity index is 2.61. The Bertz CT molecular complexity index is 436. The number of fused-ring (bicyclic) bond motifs is 1. The number of ether oxygens (including phenoxy) is 1. The van der Waals surface area contributed by atoms with Gasteiger partial charge in [-0.15, -0.1) is 0 Å². The van der Waals surface area contributed by atoms with Gasteiger partial charge in [0.05, 0.1) is 11.1 Å². The van der Waals surface area contributed by atoms with Crippen LogP contribution >= 0.6 is 0 Å². The molecule has 15 heavy (non-hydrogen) atoms. The van der Waals surface area contributed by atoms with Gasteiger partial charge in [-0.3, -0.25) is 4.79 Å². The number of carbonyl (C=O) groups is 1. The SMILES string of the molecule is O=C1COc2c1ccc(C(F)(F)F)c2F. The second-order valence-corrected chi connectivity index (χ2v) is 3.01. The fraction of sp³-hybridized carbons (Fsp3) is 0.222. The quantitative estimate of drug-likeness (QED) is 0.627. The van der Waals surface area contributed by atoms with Gasteiger partial charge in [-0.25, -0.2) is 4.39 Å². The lowest BCUT2D eigenvalue weighted by molar-refractivity contribution is -0.140. The van der Waals surface area contributed by atoms with E-state index in [4.69, 9.17) is 0 Å². The number of hydrogen-bond donors (Lipinski definition) is 0.